The SMILES string of the molecule is CN1C(=O)c2c(O)c(=O)ccn2N2C(c3ccccc3C(F)(F)F)CCCC12. The minimum Gasteiger partial charge on any atom is -0.502 e. The molecule has 1 saturated heterocycles. The lowest BCUT2D eigenvalue weighted by Gasteiger charge is -2.51. The van der Waals surface area contributed by atoms with E-state index < -0.39 is 41.0 Å². The molecule has 1 amide bonds. The van der Waals surface area contributed by atoms with E-state index in [0.717, 1.165) is 12.1 Å². The Kier molecular flexibility index (Phi) is 4.13. The van der Waals surface area contributed by atoms with E-state index >= 15 is 0 Å². The average molecular weight is 393 g/mol. The van der Waals surface area contributed by atoms with Crippen molar-refractivity contribution in [3.8, 4) is 5.75 Å². The molecule has 2 aliphatic heterocycles. The minimum atomic E-state index is -4.52. The van der Waals surface area contributed by atoms with Crippen LogP contribution in [0.4, 0.5) is 13.2 Å². The number of pyridine rings is 1. The van der Waals surface area contributed by atoms with Crippen LogP contribution in [0.2, 0.25) is 0 Å². The number of hydrogen-bond acceptors (Lipinski definition) is 4. The summed E-state index contributed by atoms with van der Waals surface area (Å²) in [4.78, 5) is 25.9. The standard InChI is InChI=1S/C19H18F3N3O3/c1-23-15-8-4-7-13(11-5-2-3-6-12(11)19(20,21)22)25(15)24-10-9-14(26)17(27)16(24)18(23)28/h2-3,5-6,9-10,13,15,27H,4,7-8H2,1H3. The number of rotatable bonds is 1. The first-order chi connectivity index (χ1) is 13.2. The number of alkyl halides is 3. The van der Waals surface area contributed by atoms with Gasteiger partial charge in [0.15, 0.2) is 11.4 Å². The number of amides is 1. The van der Waals surface area contributed by atoms with Crippen molar-refractivity contribution in [2.75, 3.05) is 12.1 Å². The summed E-state index contributed by atoms with van der Waals surface area (Å²) in [6, 6.07) is 5.81. The van der Waals surface area contributed by atoms with Crippen LogP contribution in [-0.4, -0.2) is 33.8 Å². The molecular formula is C19H18F3N3O3. The van der Waals surface area contributed by atoms with Gasteiger partial charge in [-0.15, -0.1) is 0 Å². The molecule has 148 valence electrons. The summed E-state index contributed by atoms with van der Waals surface area (Å²) < 4.78 is 42.2. The predicted molar refractivity (Wildman–Crippen MR) is 94.5 cm³/mol. The van der Waals surface area contributed by atoms with Crippen LogP contribution in [0.3, 0.4) is 0 Å². The maximum Gasteiger partial charge on any atom is 0.416 e. The molecule has 0 spiro atoms. The highest BCUT2D eigenvalue weighted by molar-refractivity contribution is 5.96. The zero-order valence-electron chi connectivity index (χ0n) is 15.0. The monoisotopic (exact) mass is 393 g/mol. The molecule has 9 heteroatoms. The summed E-state index contributed by atoms with van der Waals surface area (Å²) in [5, 5.41) is 11.8. The fourth-order valence-corrected chi connectivity index (χ4v) is 4.19. The summed E-state index contributed by atoms with van der Waals surface area (Å²) in [6.07, 6.45) is -2.02. The first-order valence-electron chi connectivity index (χ1n) is 8.88. The summed E-state index contributed by atoms with van der Waals surface area (Å²) in [5.74, 6) is -1.24. The molecule has 28 heavy (non-hydrogen) atoms. The van der Waals surface area contributed by atoms with Crippen LogP contribution in [0.1, 0.15) is 46.9 Å². The van der Waals surface area contributed by atoms with Gasteiger partial charge in [-0.1, -0.05) is 18.2 Å². The molecule has 0 radical (unpaired) electrons. The summed E-state index contributed by atoms with van der Waals surface area (Å²) >= 11 is 0. The number of aromatic nitrogens is 1. The molecule has 0 saturated carbocycles. The van der Waals surface area contributed by atoms with Crippen molar-refractivity contribution < 1.29 is 23.1 Å². The quantitative estimate of drug-likeness (QED) is 0.809. The lowest BCUT2D eigenvalue weighted by molar-refractivity contribution is -0.138. The number of hydrogen-bond donors (Lipinski definition) is 1. The predicted octanol–water partition coefficient (Wildman–Crippen LogP) is 2.85. The Labute approximate surface area is 158 Å². The van der Waals surface area contributed by atoms with Crippen molar-refractivity contribution in [3.63, 3.8) is 0 Å². The van der Waals surface area contributed by atoms with Crippen LogP contribution < -0.4 is 10.4 Å². The van der Waals surface area contributed by atoms with Gasteiger partial charge in [-0.05, 0) is 30.9 Å². The van der Waals surface area contributed by atoms with E-state index in [9.17, 15) is 27.9 Å². The highest BCUT2D eigenvalue weighted by Gasteiger charge is 2.45. The van der Waals surface area contributed by atoms with E-state index in [1.54, 1.807) is 11.1 Å². The van der Waals surface area contributed by atoms with Crippen LogP contribution in [0.5, 0.6) is 5.75 Å². The zero-order chi connectivity index (χ0) is 20.2. The Morgan fingerprint density at radius 1 is 1.11 bits per heavy atom. The van der Waals surface area contributed by atoms with Crippen molar-refractivity contribution >= 4 is 5.91 Å². The Morgan fingerprint density at radius 2 is 1.82 bits per heavy atom. The fraction of sp³-hybridized carbons (Fsp3) is 0.368. The molecule has 1 aromatic carbocycles. The van der Waals surface area contributed by atoms with Gasteiger partial charge in [0.25, 0.3) is 5.91 Å². The summed E-state index contributed by atoms with van der Waals surface area (Å²) in [5.41, 5.74) is -1.57. The van der Waals surface area contributed by atoms with Gasteiger partial charge in [-0.3, -0.25) is 19.3 Å². The normalized spacial score (nSPS) is 22.1. The number of nitrogens with zero attached hydrogens (tertiary/aromatic N) is 3. The Hall–Kier alpha value is -2.97. The van der Waals surface area contributed by atoms with Crippen molar-refractivity contribution in [1.82, 2.24) is 9.58 Å². The van der Waals surface area contributed by atoms with Crippen LogP contribution in [-0.2, 0) is 6.18 Å². The van der Waals surface area contributed by atoms with Gasteiger partial charge in [0.05, 0.1) is 11.6 Å². The van der Waals surface area contributed by atoms with Crippen molar-refractivity contribution in [3.05, 3.63) is 63.6 Å². The second kappa shape index (κ2) is 6.29. The second-order valence-corrected chi connectivity index (χ2v) is 7.03. The van der Waals surface area contributed by atoms with E-state index in [4.69, 9.17) is 0 Å². The number of carbonyl (C=O) groups excluding carboxylic acids is 1. The molecule has 6 nitrogen and oxygen atoms in total. The van der Waals surface area contributed by atoms with Gasteiger partial charge in [0, 0.05) is 19.3 Å². The highest BCUT2D eigenvalue weighted by atomic mass is 19.4. The van der Waals surface area contributed by atoms with E-state index in [1.807, 2.05) is 0 Å². The molecular weight excluding hydrogens is 375 g/mol. The molecule has 0 aliphatic carbocycles. The van der Waals surface area contributed by atoms with E-state index in [0.29, 0.717) is 19.3 Å². The smallest absolute Gasteiger partial charge is 0.416 e. The van der Waals surface area contributed by atoms with Crippen LogP contribution in [0, 0.1) is 0 Å². The average Bonchev–Trinajstić information content (AvgIpc) is 2.67. The number of halogens is 3. The van der Waals surface area contributed by atoms with Gasteiger partial charge in [-0.25, -0.2) is 0 Å². The molecule has 1 aromatic heterocycles. The fourth-order valence-electron chi connectivity index (χ4n) is 4.19. The minimum absolute atomic E-state index is 0.103. The molecule has 0 bridgehead atoms. The highest BCUT2D eigenvalue weighted by Crippen LogP contribution is 2.42. The van der Waals surface area contributed by atoms with Crippen LogP contribution in [0.25, 0.3) is 0 Å². The molecule has 1 fully saturated rings. The lowest BCUT2D eigenvalue weighted by Crippen LogP contribution is -2.62. The van der Waals surface area contributed by atoms with Crippen molar-refractivity contribution in [2.24, 2.45) is 0 Å². The third kappa shape index (κ3) is 2.64. The molecule has 2 atom stereocenters. The number of fused-ring (bicyclic) bond motifs is 3. The summed E-state index contributed by atoms with van der Waals surface area (Å²) in [7, 11) is 1.53. The van der Waals surface area contributed by atoms with Gasteiger partial charge < -0.3 is 10.0 Å². The number of piperidine rings is 1. The molecule has 2 aromatic rings. The second-order valence-electron chi connectivity index (χ2n) is 7.03. The first-order valence-corrected chi connectivity index (χ1v) is 8.88. The lowest BCUT2D eigenvalue weighted by atomic mass is 9.90. The topological polar surface area (TPSA) is 65.8 Å². The van der Waals surface area contributed by atoms with Crippen LogP contribution >= 0.6 is 0 Å². The largest absolute Gasteiger partial charge is 0.502 e. The maximum atomic E-state index is 13.6. The molecule has 2 aliphatic rings. The summed E-state index contributed by atoms with van der Waals surface area (Å²) in [6.45, 7) is 0. The Bertz CT molecular complexity index is 1000. The molecule has 4 rings (SSSR count). The van der Waals surface area contributed by atoms with Gasteiger partial charge in [0.2, 0.25) is 5.43 Å². The van der Waals surface area contributed by atoms with Gasteiger partial charge in [-0.2, -0.15) is 13.2 Å². The first kappa shape index (κ1) is 18.4. The molecule has 2 unspecified atom stereocenters. The molecule has 1 N–H and O–H groups in total. The van der Waals surface area contributed by atoms with E-state index in [2.05, 4.69) is 0 Å². The van der Waals surface area contributed by atoms with Gasteiger partial charge in [0.1, 0.15) is 6.17 Å². The van der Waals surface area contributed by atoms with E-state index in [-0.39, 0.29) is 11.3 Å². The number of carbonyl (C=O) groups is 1. The number of aromatic hydroxyl groups is 1. The Balaban J connectivity index is 1.93. The van der Waals surface area contributed by atoms with Gasteiger partial charge >= 0.3 is 6.18 Å². The molecule has 3 heterocycles. The van der Waals surface area contributed by atoms with Crippen LogP contribution in [0.15, 0.2) is 41.3 Å². The zero-order valence-corrected chi connectivity index (χ0v) is 15.0. The van der Waals surface area contributed by atoms with Crippen molar-refractivity contribution in [2.45, 2.75) is 37.6 Å². The Morgan fingerprint density at radius 3 is 2.54 bits per heavy atom. The third-order valence-electron chi connectivity index (χ3n) is 5.46. The third-order valence-corrected chi connectivity index (χ3v) is 5.46. The van der Waals surface area contributed by atoms with E-state index in [1.165, 1.54) is 35.0 Å². The number of benzene rings is 1. The maximum absolute atomic E-state index is 13.6. The van der Waals surface area contributed by atoms with Crippen molar-refractivity contribution in [1.29, 1.82) is 0 Å².